The number of nitrogens with two attached hydrogens (primary N) is 3. The SMILES string of the molecule is CC(C)[C@@H](NC(=O)[C@@H](Cc1ccccc1)NC(=O)[C@H](N)CCCCN)C(=O)N[C@H](Cc1ccccc1)C(=O)N[C@H](Cc1ccccc1)C(=O)N[C@H](C)C(N)=O. The van der Waals surface area contributed by atoms with Crippen molar-refractivity contribution < 1.29 is 28.8 Å². The fraction of sp³-hybridized carbons (Fsp3) is 0.415. The molecule has 0 heterocycles. The van der Waals surface area contributed by atoms with Crippen LogP contribution >= 0.6 is 0 Å². The molecule has 0 spiro atoms. The second kappa shape index (κ2) is 22.6. The van der Waals surface area contributed by atoms with Crippen molar-refractivity contribution >= 4 is 35.4 Å². The van der Waals surface area contributed by atoms with Gasteiger partial charge < -0.3 is 43.8 Å². The van der Waals surface area contributed by atoms with E-state index in [1.54, 1.807) is 62.4 Å². The lowest BCUT2D eigenvalue weighted by atomic mass is 9.99. The number of carbonyl (C=O) groups excluding carboxylic acids is 6. The van der Waals surface area contributed by atoms with Crippen LogP contribution in [0.25, 0.3) is 0 Å². The highest BCUT2D eigenvalue weighted by atomic mass is 16.2. The molecule has 6 atom stereocenters. The van der Waals surface area contributed by atoms with E-state index in [1.807, 2.05) is 42.5 Å². The molecule has 0 aliphatic rings. The first-order valence-corrected chi connectivity index (χ1v) is 18.7. The fourth-order valence-corrected chi connectivity index (χ4v) is 5.80. The molecule has 0 bridgehead atoms. The van der Waals surface area contributed by atoms with Gasteiger partial charge in [-0.15, -0.1) is 0 Å². The van der Waals surface area contributed by atoms with Gasteiger partial charge >= 0.3 is 0 Å². The van der Waals surface area contributed by atoms with Gasteiger partial charge in [0.2, 0.25) is 35.4 Å². The van der Waals surface area contributed by atoms with Crippen LogP contribution in [0.3, 0.4) is 0 Å². The van der Waals surface area contributed by atoms with E-state index < -0.39 is 77.6 Å². The van der Waals surface area contributed by atoms with Crippen molar-refractivity contribution in [1.29, 1.82) is 0 Å². The molecule has 0 saturated carbocycles. The summed E-state index contributed by atoms with van der Waals surface area (Å²) in [5, 5.41) is 13.7. The molecule has 0 aliphatic carbocycles. The Bertz CT molecular complexity index is 1690. The number of benzene rings is 3. The number of nitrogens with one attached hydrogen (secondary N) is 5. The molecular formula is C41H56N8O6. The molecule has 11 N–H and O–H groups in total. The van der Waals surface area contributed by atoms with E-state index in [0.717, 1.165) is 16.7 Å². The van der Waals surface area contributed by atoms with Gasteiger partial charge in [0.05, 0.1) is 6.04 Å². The number of primary amides is 1. The average Bonchev–Trinajstić information content (AvgIpc) is 3.16. The highest BCUT2D eigenvalue weighted by molar-refractivity contribution is 5.97. The van der Waals surface area contributed by atoms with Gasteiger partial charge in [0.25, 0.3) is 0 Å². The van der Waals surface area contributed by atoms with Gasteiger partial charge in [0.15, 0.2) is 0 Å². The standard InChI is InChI=1S/C41H56N8O6/c1-26(2)35(49-40(54)34(25-30-19-11-6-12-20-30)46-37(51)31(43)21-13-14-22-42)41(55)48-33(24-29-17-9-5-10-18-29)39(53)47-32(23-28-15-7-4-8-16-28)38(52)45-27(3)36(44)50/h4-12,15-20,26-27,31-35H,13-14,21-25,42-43H2,1-3H3,(H2,44,50)(H,45,52)(H,46,51)(H,47,53)(H,48,55)(H,49,54)/t27-,31-,32-,33-,34-,35-/m1/s1. The highest BCUT2D eigenvalue weighted by Crippen LogP contribution is 2.11. The third-order valence-electron chi connectivity index (χ3n) is 9.09. The summed E-state index contributed by atoms with van der Waals surface area (Å²) in [7, 11) is 0. The minimum Gasteiger partial charge on any atom is -0.368 e. The molecule has 0 saturated heterocycles. The van der Waals surface area contributed by atoms with E-state index in [2.05, 4.69) is 26.6 Å². The van der Waals surface area contributed by atoms with Crippen LogP contribution in [-0.2, 0) is 48.0 Å². The Morgan fingerprint density at radius 2 is 0.909 bits per heavy atom. The predicted octanol–water partition coefficient (Wildman–Crippen LogP) is 0.756. The largest absolute Gasteiger partial charge is 0.368 e. The van der Waals surface area contributed by atoms with E-state index in [1.165, 1.54) is 6.92 Å². The van der Waals surface area contributed by atoms with Crippen molar-refractivity contribution in [2.24, 2.45) is 23.1 Å². The fourth-order valence-electron chi connectivity index (χ4n) is 5.80. The second-order valence-corrected chi connectivity index (χ2v) is 14.0. The molecule has 6 amide bonds. The molecule has 3 aromatic carbocycles. The topological polar surface area (TPSA) is 241 Å². The van der Waals surface area contributed by atoms with Crippen molar-refractivity contribution in [3.8, 4) is 0 Å². The van der Waals surface area contributed by atoms with Crippen molar-refractivity contribution in [3.63, 3.8) is 0 Å². The molecule has 0 aliphatic heterocycles. The Morgan fingerprint density at radius 1 is 0.527 bits per heavy atom. The van der Waals surface area contributed by atoms with Crippen molar-refractivity contribution in [2.45, 2.75) is 95.5 Å². The van der Waals surface area contributed by atoms with Gasteiger partial charge in [-0.3, -0.25) is 28.8 Å². The summed E-state index contributed by atoms with van der Waals surface area (Å²) >= 11 is 0. The van der Waals surface area contributed by atoms with Crippen LogP contribution in [0.15, 0.2) is 91.0 Å². The zero-order chi connectivity index (χ0) is 40.3. The Morgan fingerprint density at radius 3 is 1.31 bits per heavy atom. The summed E-state index contributed by atoms with van der Waals surface area (Å²) < 4.78 is 0. The van der Waals surface area contributed by atoms with Crippen LogP contribution in [0.4, 0.5) is 0 Å². The van der Waals surface area contributed by atoms with Gasteiger partial charge in [0, 0.05) is 19.3 Å². The van der Waals surface area contributed by atoms with Crippen molar-refractivity contribution in [1.82, 2.24) is 26.6 Å². The smallest absolute Gasteiger partial charge is 0.243 e. The maximum atomic E-state index is 14.1. The predicted molar refractivity (Wildman–Crippen MR) is 211 cm³/mol. The first-order valence-electron chi connectivity index (χ1n) is 18.7. The van der Waals surface area contributed by atoms with Crippen LogP contribution in [-0.4, -0.2) is 78.2 Å². The maximum Gasteiger partial charge on any atom is 0.243 e. The monoisotopic (exact) mass is 756 g/mol. The number of hydrogen-bond acceptors (Lipinski definition) is 8. The van der Waals surface area contributed by atoms with Gasteiger partial charge in [-0.05, 0) is 48.9 Å². The minimum absolute atomic E-state index is 0.0588. The van der Waals surface area contributed by atoms with Crippen LogP contribution in [0.1, 0.15) is 56.7 Å². The van der Waals surface area contributed by atoms with Crippen molar-refractivity contribution in [3.05, 3.63) is 108 Å². The Hall–Kier alpha value is -5.60. The van der Waals surface area contributed by atoms with Gasteiger partial charge in [-0.2, -0.15) is 0 Å². The normalized spacial score (nSPS) is 14.3. The number of rotatable bonds is 22. The first kappa shape index (κ1) is 43.8. The first-order chi connectivity index (χ1) is 26.3. The molecule has 0 aromatic heterocycles. The third kappa shape index (κ3) is 15.0. The van der Waals surface area contributed by atoms with Gasteiger partial charge in [0.1, 0.15) is 30.2 Å². The van der Waals surface area contributed by atoms with Gasteiger partial charge in [-0.1, -0.05) is 111 Å². The molecule has 55 heavy (non-hydrogen) atoms. The lowest BCUT2D eigenvalue weighted by molar-refractivity contribution is -0.135. The maximum absolute atomic E-state index is 14.1. The number of hydrogen-bond donors (Lipinski definition) is 8. The molecule has 0 radical (unpaired) electrons. The second-order valence-electron chi connectivity index (χ2n) is 14.0. The molecule has 0 fully saturated rings. The summed E-state index contributed by atoms with van der Waals surface area (Å²) in [4.78, 5) is 80.3. The molecule has 14 heteroatoms. The molecule has 14 nitrogen and oxygen atoms in total. The summed E-state index contributed by atoms with van der Waals surface area (Å²) in [5.74, 6) is -4.23. The summed E-state index contributed by atoms with van der Waals surface area (Å²) in [6.45, 7) is 5.40. The van der Waals surface area contributed by atoms with Crippen LogP contribution in [0.5, 0.6) is 0 Å². The van der Waals surface area contributed by atoms with E-state index in [0.29, 0.717) is 25.8 Å². The third-order valence-corrected chi connectivity index (χ3v) is 9.09. The summed E-state index contributed by atoms with van der Waals surface area (Å²) in [5.41, 5.74) is 19.4. The zero-order valence-electron chi connectivity index (χ0n) is 31.8. The number of unbranched alkanes of at least 4 members (excludes halogenated alkanes) is 1. The van der Waals surface area contributed by atoms with E-state index >= 15 is 0 Å². The number of amides is 6. The highest BCUT2D eigenvalue weighted by Gasteiger charge is 2.34. The van der Waals surface area contributed by atoms with Crippen LogP contribution < -0.4 is 43.8 Å². The Kier molecular flexibility index (Phi) is 18.0. The lowest BCUT2D eigenvalue weighted by Gasteiger charge is -2.28. The Balaban J connectivity index is 1.86. The Labute approximate surface area is 323 Å². The minimum atomic E-state index is -1.18. The van der Waals surface area contributed by atoms with Crippen LogP contribution in [0, 0.1) is 5.92 Å². The molecule has 3 aromatic rings. The van der Waals surface area contributed by atoms with Crippen molar-refractivity contribution in [2.75, 3.05) is 6.54 Å². The zero-order valence-corrected chi connectivity index (χ0v) is 31.8. The van der Waals surface area contributed by atoms with E-state index in [4.69, 9.17) is 17.2 Å². The summed E-state index contributed by atoms with van der Waals surface area (Å²) in [6, 6.07) is 20.8. The van der Waals surface area contributed by atoms with Crippen LogP contribution in [0.2, 0.25) is 0 Å². The van der Waals surface area contributed by atoms with Gasteiger partial charge in [-0.25, -0.2) is 0 Å². The molecular weight excluding hydrogens is 701 g/mol. The average molecular weight is 757 g/mol. The molecule has 3 rings (SSSR count). The lowest BCUT2D eigenvalue weighted by Crippen LogP contribution is -2.61. The molecule has 0 unspecified atom stereocenters. The van der Waals surface area contributed by atoms with E-state index in [-0.39, 0.29) is 19.3 Å². The summed E-state index contributed by atoms with van der Waals surface area (Å²) in [6.07, 6.45) is 2.03. The van der Waals surface area contributed by atoms with E-state index in [9.17, 15) is 28.8 Å². The number of carbonyl (C=O) groups is 6. The quantitative estimate of drug-likeness (QED) is 0.0680. The molecule has 296 valence electrons.